The van der Waals surface area contributed by atoms with Crippen LogP contribution in [0.15, 0.2) is 60.7 Å². The first-order valence-electron chi connectivity index (χ1n) is 10.9. The van der Waals surface area contributed by atoms with E-state index in [1.807, 2.05) is 37.3 Å². The van der Waals surface area contributed by atoms with Crippen molar-refractivity contribution in [3.8, 4) is 5.75 Å². The molecular weight excluding hydrogens is 388 g/mol. The quantitative estimate of drug-likeness (QED) is 0.628. The van der Waals surface area contributed by atoms with Gasteiger partial charge >= 0.3 is 0 Å². The van der Waals surface area contributed by atoms with Gasteiger partial charge in [0.1, 0.15) is 5.75 Å². The molecule has 1 fully saturated rings. The highest BCUT2D eigenvalue weighted by Gasteiger charge is 2.16. The van der Waals surface area contributed by atoms with Crippen LogP contribution in [0.5, 0.6) is 5.75 Å². The number of nitrogens with one attached hydrogen (secondary N) is 1. The van der Waals surface area contributed by atoms with Gasteiger partial charge in [-0.1, -0.05) is 48.5 Å². The van der Waals surface area contributed by atoms with Crippen LogP contribution in [0.1, 0.15) is 29.5 Å². The molecule has 3 aromatic carbocycles. The third kappa shape index (κ3) is 5.43. The third-order valence-corrected chi connectivity index (χ3v) is 5.96. The molecule has 3 aromatic rings. The van der Waals surface area contributed by atoms with Crippen LogP contribution >= 0.6 is 0 Å². The van der Waals surface area contributed by atoms with Gasteiger partial charge in [-0.05, 0) is 46.5 Å². The van der Waals surface area contributed by atoms with E-state index in [0.717, 1.165) is 60.5 Å². The van der Waals surface area contributed by atoms with Gasteiger partial charge in [-0.25, -0.2) is 0 Å². The number of amides is 1. The highest BCUT2D eigenvalue weighted by molar-refractivity contribution is 5.88. The average molecular weight is 419 g/mol. The summed E-state index contributed by atoms with van der Waals surface area (Å²) in [7, 11) is 1.67. The number of fused-ring (bicyclic) bond motifs is 1. The van der Waals surface area contributed by atoms with Gasteiger partial charge in [0.15, 0.2) is 0 Å². The van der Waals surface area contributed by atoms with Gasteiger partial charge in [0.25, 0.3) is 0 Å². The summed E-state index contributed by atoms with van der Waals surface area (Å²) in [5.74, 6) is 0.652. The molecule has 0 unspecified atom stereocenters. The molecule has 1 atom stereocenters. The first-order chi connectivity index (χ1) is 15.1. The lowest BCUT2D eigenvalue weighted by atomic mass is 9.97. The monoisotopic (exact) mass is 418 g/mol. The van der Waals surface area contributed by atoms with Gasteiger partial charge in [-0.2, -0.15) is 0 Å². The van der Waals surface area contributed by atoms with Crippen molar-refractivity contribution in [2.45, 2.75) is 25.9 Å². The fourth-order valence-electron chi connectivity index (χ4n) is 3.91. The molecule has 1 aliphatic heterocycles. The Morgan fingerprint density at radius 2 is 1.68 bits per heavy atom. The molecule has 1 amide bonds. The zero-order valence-corrected chi connectivity index (χ0v) is 18.3. The van der Waals surface area contributed by atoms with Crippen molar-refractivity contribution in [1.82, 2.24) is 10.2 Å². The summed E-state index contributed by atoms with van der Waals surface area (Å²) >= 11 is 0. The minimum absolute atomic E-state index is 0.0326. The second-order valence-electron chi connectivity index (χ2n) is 8.12. The van der Waals surface area contributed by atoms with Crippen molar-refractivity contribution in [2.24, 2.45) is 0 Å². The number of rotatable bonds is 7. The summed E-state index contributed by atoms with van der Waals surface area (Å²) < 4.78 is 10.7. The Balaban J connectivity index is 1.33. The SMILES string of the molecule is COc1ccc2cc([C@H](C)C(=O)NCc3ccc(CN4CCOCC4)cc3)ccc2c1. The van der Waals surface area contributed by atoms with E-state index in [9.17, 15) is 4.79 Å². The number of morpholine rings is 1. The zero-order valence-electron chi connectivity index (χ0n) is 18.3. The standard InChI is InChI=1S/C26H30N2O3/c1-19(22-7-8-24-16-25(30-2)10-9-23(24)15-22)26(29)27-17-20-3-5-21(6-4-20)18-28-11-13-31-14-12-28/h3-10,15-16,19H,11-14,17-18H2,1-2H3,(H,27,29)/t19-/m0/s1. The van der Waals surface area contributed by atoms with Gasteiger partial charge in [0, 0.05) is 26.2 Å². The lowest BCUT2D eigenvalue weighted by Gasteiger charge is -2.26. The van der Waals surface area contributed by atoms with E-state index >= 15 is 0 Å². The number of nitrogens with zero attached hydrogens (tertiary/aromatic N) is 1. The van der Waals surface area contributed by atoms with E-state index in [4.69, 9.17) is 9.47 Å². The lowest BCUT2D eigenvalue weighted by Crippen LogP contribution is -2.35. The molecule has 1 heterocycles. The summed E-state index contributed by atoms with van der Waals surface area (Å²) in [4.78, 5) is 15.1. The number of benzene rings is 3. The van der Waals surface area contributed by atoms with Crippen molar-refractivity contribution in [2.75, 3.05) is 33.4 Å². The average Bonchev–Trinajstić information content (AvgIpc) is 2.83. The highest BCUT2D eigenvalue weighted by Crippen LogP contribution is 2.25. The van der Waals surface area contributed by atoms with E-state index < -0.39 is 0 Å². The van der Waals surface area contributed by atoms with E-state index in [1.54, 1.807) is 7.11 Å². The lowest BCUT2D eigenvalue weighted by molar-refractivity contribution is -0.122. The predicted octanol–water partition coefficient (Wildman–Crippen LogP) is 4.10. The molecule has 162 valence electrons. The smallest absolute Gasteiger partial charge is 0.227 e. The van der Waals surface area contributed by atoms with Crippen LogP contribution in [0.3, 0.4) is 0 Å². The second kappa shape index (κ2) is 9.94. The van der Waals surface area contributed by atoms with Gasteiger partial charge < -0.3 is 14.8 Å². The number of carbonyl (C=O) groups excluding carboxylic acids is 1. The van der Waals surface area contributed by atoms with Crippen molar-refractivity contribution in [1.29, 1.82) is 0 Å². The van der Waals surface area contributed by atoms with Crippen LogP contribution in [0, 0.1) is 0 Å². The van der Waals surface area contributed by atoms with Crippen LogP contribution < -0.4 is 10.1 Å². The summed E-state index contributed by atoms with van der Waals surface area (Å²) in [5.41, 5.74) is 3.41. The topological polar surface area (TPSA) is 50.8 Å². The van der Waals surface area contributed by atoms with Crippen LogP contribution in [0.2, 0.25) is 0 Å². The minimum atomic E-state index is -0.216. The molecule has 1 N–H and O–H groups in total. The molecule has 1 saturated heterocycles. The third-order valence-electron chi connectivity index (χ3n) is 5.96. The maximum Gasteiger partial charge on any atom is 0.227 e. The fourth-order valence-corrected chi connectivity index (χ4v) is 3.91. The molecule has 0 bridgehead atoms. The first-order valence-corrected chi connectivity index (χ1v) is 10.9. The Bertz CT molecular complexity index is 1030. The molecule has 0 radical (unpaired) electrons. The largest absolute Gasteiger partial charge is 0.497 e. The van der Waals surface area contributed by atoms with E-state index in [0.29, 0.717) is 6.54 Å². The fraction of sp³-hybridized carbons (Fsp3) is 0.346. The molecule has 0 aromatic heterocycles. The van der Waals surface area contributed by atoms with Crippen molar-refractivity contribution >= 4 is 16.7 Å². The van der Waals surface area contributed by atoms with Crippen molar-refractivity contribution in [3.63, 3.8) is 0 Å². The Morgan fingerprint density at radius 1 is 1.00 bits per heavy atom. The summed E-state index contributed by atoms with van der Waals surface area (Å²) in [6, 6.07) is 20.6. The predicted molar refractivity (Wildman–Crippen MR) is 123 cm³/mol. The van der Waals surface area contributed by atoms with Crippen LogP contribution in [0.4, 0.5) is 0 Å². The Kier molecular flexibility index (Phi) is 6.85. The van der Waals surface area contributed by atoms with E-state index in [-0.39, 0.29) is 11.8 Å². The zero-order chi connectivity index (χ0) is 21.6. The van der Waals surface area contributed by atoms with Crippen molar-refractivity contribution < 1.29 is 14.3 Å². The van der Waals surface area contributed by atoms with E-state index in [1.165, 1.54) is 5.56 Å². The minimum Gasteiger partial charge on any atom is -0.497 e. The van der Waals surface area contributed by atoms with Crippen LogP contribution in [-0.4, -0.2) is 44.2 Å². The van der Waals surface area contributed by atoms with E-state index in [2.05, 4.69) is 40.5 Å². The van der Waals surface area contributed by atoms with Gasteiger partial charge in [0.05, 0.1) is 26.2 Å². The van der Waals surface area contributed by atoms with Crippen molar-refractivity contribution in [3.05, 3.63) is 77.4 Å². The molecule has 5 nitrogen and oxygen atoms in total. The molecule has 0 spiro atoms. The van der Waals surface area contributed by atoms with Crippen LogP contribution in [0.25, 0.3) is 10.8 Å². The maximum atomic E-state index is 12.7. The summed E-state index contributed by atoms with van der Waals surface area (Å²) in [6.45, 7) is 7.02. The number of hydrogen-bond donors (Lipinski definition) is 1. The molecule has 0 aliphatic carbocycles. The second-order valence-corrected chi connectivity index (χ2v) is 8.12. The van der Waals surface area contributed by atoms with Gasteiger partial charge in [0.2, 0.25) is 5.91 Å². The highest BCUT2D eigenvalue weighted by atomic mass is 16.5. The molecule has 1 aliphatic rings. The molecular formula is C26H30N2O3. The number of methoxy groups -OCH3 is 1. The van der Waals surface area contributed by atoms with Gasteiger partial charge in [-0.3, -0.25) is 9.69 Å². The molecule has 4 rings (SSSR count). The Labute approximate surface area is 184 Å². The number of carbonyl (C=O) groups is 1. The maximum absolute atomic E-state index is 12.7. The van der Waals surface area contributed by atoms with Gasteiger partial charge in [-0.15, -0.1) is 0 Å². The number of ether oxygens (including phenoxy) is 2. The first kappa shape index (κ1) is 21.3. The Morgan fingerprint density at radius 3 is 2.42 bits per heavy atom. The number of hydrogen-bond acceptors (Lipinski definition) is 4. The summed E-state index contributed by atoms with van der Waals surface area (Å²) in [6.07, 6.45) is 0. The normalized spacial score (nSPS) is 15.5. The molecule has 5 heteroatoms. The molecule has 31 heavy (non-hydrogen) atoms. The van der Waals surface area contributed by atoms with Crippen LogP contribution in [-0.2, 0) is 22.6 Å². The Hall–Kier alpha value is -2.89. The molecule has 0 saturated carbocycles. The summed E-state index contributed by atoms with van der Waals surface area (Å²) in [5, 5.41) is 5.29.